The van der Waals surface area contributed by atoms with Gasteiger partial charge in [-0.05, 0) is 12.1 Å². The second kappa shape index (κ2) is 6.09. The zero-order valence-electron chi connectivity index (χ0n) is 13.0. The highest BCUT2D eigenvalue weighted by molar-refractivity contribution is 6.12. The van der Waals surface area contributed by atoms with Gasteiger partial charge in [0.2, 0.25) is 0 Å². The molecule has 0 atom stereocenters. The largest absolute Gasteiger partial charge is 0.289 e. The fraction of sp³-hybridized carbons (Fsp3) is 0. The van der Waals surface area contributed by atoms with Gasteiger partial charge < -0.3 is 0 Å². The van der Waals surface area contributed by atoms with Crippen LogP contribution in [0.25, 0.3) is 22.2 Å². The van der Waals surface area contributed by atoms with Crippen LogP contribution in [0.5, 0.6) is 0 Å². The number of aromatic nitrogens is 1. The molecule has 114 valence electrons. The number of hydrogen-bond donors (Lipinski definition) is 0. The summed E-state index contributed by atoms with van der Waals surface area (Å²) in [4.78, 5) is 17.6. The van der Waals surface area contributed by atoms with Crippen LogP contribution in [0.15, 0.2) is 91.0 Å². The molecule has 0 spiro atoms. The van der Waals surface area contributed by atoms with Gasteiger partial charge in [-0.25, -0.2) is 4.98 Å². The minimum absolute atomic E-state index is 0.0150. The van der Waals surface area contributed by atoms with Crippen LogP contribution in [0, 0.1) is 0 Å². The number of carbonyl (C=O) groups excluding carboxylic acids is 1. The van der Waals surface area contributed by atoms with Crippen molar-refractivity contribution in [1.29, 1.82) is 0 Å². The summed E-state index contributed by atoms with van der Waals surface area (Å²) in [6.45, 7) is 0. The second-order valence-corrected chi connectivity index (χ2v) is 5.63. The fourth-order valence-corrected chi connectivity index (χ4v) is 2.87. The number of benzene rings is 3. The van der Waals surface area contributed by atoms with Crippen LogP contribution in [-0.2, 0) is 0 Å². The molecule has 4 rings (SSSR count). The molecule has 1 aromatic heterocycles. The van der Waals surface area contributed by atoms with E-state index in [1.54, 1.807) is 0 Å². The molecule has 1 heterocycles. The average Bonchev–Trinajstić information content (AvgIpc) is 2.68. The number of ketones is 1. The van der Waals surface area contributed by atoms with Gasteiger partial charge in [0.25, 0.3) is 0 Å². The van der Waals surface area contributed by atoms with E-state index in [-0.39, 0.29) is 5.78 Å². The number of rotatable bonds is 3. The Morgan fingerprint density at radius 1 is 0.667 bits per heavy atom. The SMILES string of the molecule is O=C(c1ccccc1)c1ccccc1-c1ccc2ccccc2n1. The third-order valence-corrected chi connectivity index (χ3v) is 4.08. The maximum absolute atomic E-state index is 12.9. The van der Waals surface area contributed by atoms with Gasteiger partial charge in [-0.2, -0.15) is 0 Å². The van der Waals surface area contributed by atoms with Crippen molar-refractivity contribution < 1.29 is 4.79 Å². The van der Waals surface area contributed by atoms with Gasteiger partial charge in [0.15, 0.2) is 5.78 Å². The van der Waals surface area contributed by atoms with Crippen molar-refractivity contribution in [3.8, 4) is 11.3 Å². The maximum atomic E-state index is 12.9. The van der Waals surface area contributed by atoms with E-state index < -0.39 is 0 Å². The first kappa shape index (κ1) is 14.3. The second-order valence-electron chi connectivity index (χ2n) is 5.63. The molecule has 0 amide bonds. The Morgan fingerprint density at radius 3 is 2.25 bits per heavy atom. The molecule has 0 saturated heterocycles. The molecule has 0 aliphatic rings. The lowest BCUT2D eigenvalue weighted by Gasteiger charge is -2.09. The summed E-state index contributed by atoms with van der Waals surface area (Å²) in [6, 6.07) is 29.0. The molecule has 2 heteroatoms. The predicted octanol–water partition coefficient (Wildman–Crippen LogP) is 5.13. The minimum Gasteiger partial charge on any atom is -0.289 e. The van der Waals surface area contributed by atoms with E-state index in [0.717, 1.165) is 22.2 Å². The molecular formula is C22H15NO. The van der Waals surface area contributed by atoms with Gasteiger partial charge >= 0.3 is 0 Å². The highest BCUT2D eigenvalue weighted by Gasteiger charge is 2.15. The van der Waals surface area contributed by atoms with Gasteiger partial charge in [-0.3, -0.25) is 4.79 Å². The molecule has 0 bridgehead atoms. The van der Waals surface area contributed by atoms with Gasteiger partial charge in [-0.1, -0.05) is 78.9 Å². The quantitative estimate of drug-likeness (QED) is 0.491. The summed E-state index contributed by atoms with van der Waals surface area (Å²) in [5.74, 6) is 0.0150. The van der Waals surface area contributed by atoms with E-state index in [4.69, 9.17) is 4.98 Å². The summed E-state index contributed by atoms with van der Waals surface area (Å²) in [5.41, 5.74) is 3.96. The van der Waals surface area contributed by atoms with Crippen LogP contribution < -0.4 is 0 Å². The Bertz CT molecular complexity index is 1020. The summed E-state index contributed by atoms with van der Waals surface area (Å²) in [6.07, 6.45) is 0. The van der Waals surface area contributed by atoms with Crippen molar-refractivity contribution in [2.24, 2.45) is 0 Å². The highest BCUT2D eigenvalue weighted by Crippen LogP contribution is 2.26. The van der Waals surface area contributed by atoms with Gasteiger partial charge in [0.1, 0.15) is 0 Å². The summed E-state index contributed by atoms with van der Waals surface area (Å²) in [7, 11) is 0. The van der Waals surface area contributed by atoms with Crippen molar-refractivity contribution in [2.45, 2.75) is 0 Å². The van der Waals surface area contributed by atoms with Crippen LogP contribution in [0.4, 0.5) is 0 Å². The van der Waals surface area contributed by atoms with Crippen molar-refractivity contribution in [2.75, 3.05) is 0 Å². The van der Waals surface area contributed by atoms with Gasteiger partial charge in [0, 0.05) is 22.1 Å². The first-order valence-corrected chi connectivity index (χ1v) is 7.88. The van der Waals surface area contributed by atoms with Crippen molar-refractivity contribution in [3.63, 3.8) is 0 Å². The minimum atomic E-state index is 0.0150. The Balaban J connectivity index is 1.85. The van der Waals surface area contributed by atoms with Crippen molar-refractivity contribution in [3.05, 3.63) is 102 Å². The van der Waals surface area contributed by atoms with E-state index >= 15 is 0 Å². The highest BCUT2D eigenvalue weighted by atomic mass is 16.1. The molecule has 0 N–H and O–H groups in total. The van der Waals surface area contributed by atoms with Crippen molar-refractivity contribution >= 4 is 16.7 Å². The molecule has 0 fully saturated rings. The van der Waals surface area contributed by atoms with E-state index in [1.165, 1.54) is 0 Å². The van der Waals surface area contributed by atoms with Gasteiger partial charge in [-0.15, -0.1) is 0 Å². The first-order chi connectivity index (χ1) is 11.8. The topological polar surface area (TPSA) is 30.0 Å². The number of fused-ring (bicyclic) bond motifs is 1. The lowest BCUT2D eigenvalue weighted by Crippen LogP contribution is -2.03. The fourth-order valence-electron chi connectivity index (χ4n) is 2.87. The summed E-state index contributed by atoms with van der Waals surface area (Å²) >= 11 is 0. The van der Waals surface area contributed by atoms with Crippen LogP contribution in [0.2, 0.25) is 0 Å². The van der Waals surface area contributed by atoms with Crippen LogP contribution in [-0.4, -0.2) is 10.8 Å². The third kappa shape index (κ3) is 2.59. The molecule has 0 aliphatic carbocycles. The summed E-state index contributed by atoms with van der Waals surface area (Å²) < 4.78 is 0. The molecular weight excluding hydrogens is 294 g/mol. The van der Waals surface area contributed by atoms with Gasteiger partial charge in [0.05, 0.1) is 11.2 Å². The Labute approximate surface area is 140 Å². The molecule has 0 saturated carbocycles. The van der Waals surface area contributed by atoms with E-state index in [0.29, 0.717) is 11.1 Å². The molecule has 0 unspecified atom stereocenters. The number of pyridine rings is 1. The van der Waals surface area contributed by atoms with Crippen LogP contribution >= 0.6 is 0 Å². The molecule has 0 radical (unpaired) electrons. The monoisotopic (exact) mass is 309 g/mol. The number of hydrogen-bond acceptors (Lipinski definition) is 2. The standard InChI is InChI=1S/C22H15NO/c24-22(17-9-2-1-3-10-17)19-12-6-5-11-18(19)21-15-14-16-8-4-7-13-20(16)23-21/h1-15H. The lowest BCUT2D eigenvalue weighted by molar-refractivity contribution is 0.103. The lowest BCUT2D eigenvalue weighted by atomic mass is 9.96. The van der Waals surface area contributed by atoms with E-state index in [2.05, 4.69) is 0 Å². The van der Waals surface area contributed by atoms with Crippen molar-refractivity contribution in [1.82, 2.24) is 4.98 Å². The normalized spacial score (nSPS) is 10.7. The number of carbonyl (C=O) groups is 1. The van der Waals surface area contributed by atoms with Crippen LogP contribution in [0.3, 0.4) is 0 Å². The van der Waals surface area contributed by atoms with E-state index in [9.17, 15) is 4.79 Å². The zero-order chi connectivity index (χ0) is 16.4. The average molecular weight is 309 g/mol. The Hall–Kier alpha value is -3.26. The Morgan fingerprint density at radius 2 is 1.38 bits per heavy atom. The molecule has 0 aliphatic heterocycles. The zero-order valence-corrected chi connectivity index (χ0v) is 13.0. The molecule has 2 nitrogen and oxygen atoms in total. The molecule has 24 heavy (non-hydrogen) atoms. The van der Waals surface area contributed by atoms with Crippen LogP contribution in [0.1, 0.15) is 15.9 Å². The predicted molar refractivity (Wildman–Crippen MR) is 97.1 cm³/mol. The Kier molecular flexibility index (Phi) is 3.64. The number of para-hydroxylation sites is 1. The first-order valence-electron chi connectivity index (χ1n) is 7.88. The third-order valence-electron chi connectivity index (χ3n) is 4.08. The molecule has 3 aromatic carbocycles. The summed E-state index contributed by atoms with van der Waals surface area (Å²) in [5, 5.41) is 1.09. The number of nitrogens with zero attached hydrogens (tertiary/aromatic N) is 1. The maximum Gasteiger partial charge on any atom is 0.193 e. The molecule has 4 aromatic rings. The smallest absolute Gasteiger partial charge is 0.193 e. The van der Waals surface area contributed by atoms with E-state index in [1.807, 2.05) is 91.0 Å².